The second-order valence-corrected chi connectivity index (χ2v) is 7.80. The van der Waals surface area contributed by atoms with E-state index in [1.54, 1.807) is 32.1 Å². The molecule has 1 unspecified atom stereocenters. The Balaban J connectivity index is 2.02. The molecule has 2 N–H and O–H groups in total. The van der Waals surface area contributed by atoms with Crippen LogP contribution in [0.4, 0.5) is 4.79 Å². The molecule has 1 saturated heterocycles. The molecule has 1 fully saturated rings. The number of alkyl carbamates (subject to hydrolysis) is 1. The second-order valence-electron chi connectivity index (χ2n) is 6.86. The summed E-state index contributed by atoms with van der Waals surface area (Å²) >= 11 is 1.55. The maximum absolute atomic E-state index is 12.0. The first-order chi connectivity index (χ1) is 10.6. The van der Waals surface area contributed by atoms with Gasteiger partial charge < -0.3 is 15.2 Å². The van der Waals surface area contributed by atoms with E-state index in [1.165, 1.54) is 0 Å². The first-order valence-electron chi connectivity index (χ1n) is 7.48. The average Bonchev–Trinajstić information content (AvgIpc) is 2.95. The zero-order valence-corrected chi connectivity index (χ0v) is 14.7. The van der Waals surface area contributed by atoms with Crippen LogP contribution < -0.4 is 5.32 Å². The summed E-state index contributed by atoms with van der Waals surface area (Å²) in [5, 5.41) is 15.1. The molecule has 1 aliphatic heterocycles. The van der Waals surface area contributed by atoms with Crippen LogP contribution in [0.3, 0.4) is 0 Å². The minimum absolute atomic E-state index is 0.236. The summed E-state index contributed by atoms with van der Waals surface area (Å²) in [6.07, 6.45) is -0.363. The molecule has 1 aromatic heterocycles. The van der Waals surface area contributed by atoms with E-state index in [-0.39, 0.29) is 6.54 Å². The third-order valence-corrected chi connectivity index (χ3v) is 4.47. The van der Waals surface area contributed by atoms with Gasteiger partial charge in [0.2, 0.25) is 0 Å². The predicted molar refractivity (Wildman–Crippen MR) is 86.5 cm³/mol. The van der Waals surface area contributed by atoms with Gasteiger partial charge in [-0.05, 0) is 34.1 Å². The standard InChI is InChI=1S/C15H23N3O4S/c1-10-8-23-11(16-10)7-18-6-5-15(9-18,12(19)20)17-13(21)22-14(2,3)4/h8H,5-7,9H2,1-4H3,(H,17,21)(H,19,20). The van der Waals surface area contributed by atoms with Crippen molar-refractivity contribution < 1.29 is 19.4 Å². The van der Waals surface area contributed by atoms with Gasteiger partial charge in [-0.1, -0.05) is 0 Å². The van der Waals surface area contributed by atoms with Crippen LogP contribution in [0.25, 0.3) is 0 Å². The van der Waals surface area contributed by atoms with Gasteiger partial charge in [-0.25, -0.2) is 14.6 Å². The number of hydrogen-bond donors (Lipinski definition) is 2. The van der Waals surface area contributed by atoms with Gasteiger partial charge in [0.05, 0.1) is 6.54 Å². The van der Waals surface area contributed by atoms with Gasteiger partial charge in [-0.3, -0.25) is 4.90 Å². The third-order valence-electron chi connectivity index (χ3n) is 3.52. The van der Waals surface area contributed by atoms with E-state index >= 15 is 0 Å². The number of nitrogens with zero attached hydrogens (tertiary/aromatic N) is 2. The fraction of sp³-hybridized carbons (Fsp3) is 0.667. The lowest BCUT2D eigenvalue weighted by atomic mass is 9.99. The molecular formula is C15H23N3O4S. The molecular weight excluding hydrogens is 318 g/mol. The molecule has 1 amide bonds. The van der Waals surface area contributed by atoms with E-state index in [4.69, 9.17) is 4.74 Å². The number of carbonyl (C=O) groups is 2. The summed E-state index contributed by atoms with van der Waals surface area (Å²) in [6, 6.07) is 0. The molecule has 23 heavy (non-hydrogen) atoms. The van der Waals surface area contributed by atoms with Crippen LogP contribution in [-0.2, 0) is 16.1 Å². The highest BCUT2D eigenvalue weighted by atomic mass is 32.1. The molecule has 1 aliphatic rings. The maximum Gasteiger partial charge on any atom is 0.408 e. The number of hydrogen-bond acceptors (Lipinski definition) is 6. The number of ether oxygens (including phenoxy) is 1. The van der Waals surface area contributed by atoms with Crippen molar-refractivity contribution in [2.75, 3.05) is 13.1 Å². The SMILES string of the molecule is Cc1csc(CN2CCC(NC(=O)OC(C)(C)C)(C(=O)O)C2)n1. The molecule has 8 heteroatoms. The molecule has 128 valence electrons. The lowest BCUT2D eigenvalue weighted by Gasteiger charge is -2.28. The maximum atomic E-state index is 12.0. The van der Waals surface area contributed by atoms with Crippen molar-refractivity contribution in [3.8, 4) is 0 Å². The number of nitrogens with one attached hydrogen (secondary N) is 1. The van der Waals surface area contributed by atoms with Gasteiger partial charge in [0.15, 0.2) is 5.54 Å². The minimum atomic E-state index is -1.31. The van der Waals surface area contributed by atoms with Gasteiger partial charge in [-0.15, -0.1) is 11.3 Å². The lowest BCUT2D eigenvalue weighted by Crippen LogP contribution is -2.57. The van der Waals surface area contributed by atoms with Crippen molar-refractivity contribution in [2.24, 2.45) is 0 Å². The normalized spacial score (nSPS) is 22.1. The highest BCUT2D eigenvalue weighted by molar-refractivity contribution is 7.09. The van der Waals surface area contributed by atoms with Gasteiger partial charge >= 0.3 is 12.1 Å². The van der Waals surface area contributed by atoms with Gasteiger partial charge in [0, 0.05) is 24.2 Å². The third kappa shape index (κ3) is 4.65. The summed E-state index contributed by atoms with van der Waals surface area (Å²) in [5.74, 6) is -1.04. The number of likely N-dealkylation sites (tertiary alicyclic amines) is 1. The zero-order valence-electron chi connectivity index (χ0n) is 13.9. The highest BCUT2D eigenvalue weighted by Crippen LogP contribution is 2.25. The van der Waals surface area contributed by atoms with E-state index < -0.39 is 23.2 Å². The quantitative estimate of drug-likeness (QED) is 0.870. The summed E-state index contributed by atoms with van der Waals surface area (Å²) in [6.45, 7) is 8.56. The van der Waals surface area contributed by atoms with Crippen LogP contribution in [0, 0.1) is 6.92 Å². The number of aryl methyl sites for hydroxylation is 1. The number of carboxylic acid groups (broad SMARTS) is 1. The number of thiazole rings is 1. The molecule has 0 aliphatic carbocycles. The van der Waals surface area contributed by atoms with Crippen LogP contribution in [0.5, 0.6) is 0 Å². The molecule has 2 heterocycles. The van der Waals surface area contributed by atoms with Crippen LogP contribution in [0.15, 0.2) is 5.38 Å². The molecule has 7 nitrogen and oxygen atoms in total. The average molecular weight is 341 g/mol. The number of amides is 1. The van der Waals surface area contributed by atoms with Crippen molar-refractivity contribution in [2.45, 2.75) is 51.8 Å². The van der Waals surface area contributed by atoms with Crippen molar-refractivity contribution in [1.82, 2.24) is 15.2 Å². The summed E-state index contributed by atoms with van der Waals surface area (Å²) < 4.78 is 5.19. The Morgan fingerprint density at radius 1 is 1.52 bits per heavy atom. The monoisotopic (exact) mass is 341 g/mol. The number of aliphatic carboxylic acids is 1. The number of carboxylic acids is 1. The van der Waals surface area contributed by atoms with Crippen LogP contribution >= 0.6 is 11.3 Å². The van der Waals surface area contributed by atoms with E-state index in [2.05, 4.69) is 10.3 Å². The van der Waals surface area contributed by atoms with E-state index in [1.807, 2.05) is 17.2 Å². The Bertz CT molecular complexity index is 596. The lowest BCUT2D eigenvalue weighted by molar-refractivity contribution is -0.144. The Morgan fingerprint density at radius 2 is 2.22 bits per heavy atom. The first kappa shape index (κ1) is 17.7. The predicted octanol–water partition coefficient (Wildman–Crippen LogP) is 2.01. The van der Waals surface area contributed by atoms with E-state index in [0.29, 0.717) is 19.5 Å². The smallest absolute Gasteiger partial charge is 0.408 e. The molecule has 1 atom stereocenters. The summed E-state index contributed by atoms with van der Waals surface area (Å²) in [5.41, 5.74) is -1.02. The fourth-order valence-electron chi connectivity index (χ4n) is 2.52. The molecule has 1 aromatic rings. The van der Waals surface area contributed by atoms with E-state index in [0.717, 1.165) is 10.7 Å². The first-order valence-corrected chi connectivity index (χ1v) is 8.35. The van der Waals surface area contributed by atoms with Crippen molar-refractivity contribution in [3.63, 3.8) is 0 Å². The Hall–Kier alpha value is -1.67. The Morgan fingerprint density at radius 3 is 2.74 bits per heavy atom. The van der Waals surface area contributed by atoms with Gasteiger partial charge in [0.25, 0.3) is 0 Å². The number of rotatable bonds is 4. The van der Waals surface area contributed by atoms with E-state index in [9.17, 15) is 14.7 Å². The topological polar surface area (TPSA) is 91.8 Å². The Labute approximate surface area is 139 Å². The summed E-state index contributed by atoms with van der Waals surface area (Å²) in [4.78, 5) is 30.1. The zero-order chi connectivity index (χ0) is 17.3. The molecule has 0 saturated carbocycles. The molecule has 0 bridgehead atoms. The van der Waals surface area contributed by atoms with Gasteiger partial charge in [-0.2, -0.15) is 0 Å². The van der Waals surface area contributed by atoms with Crippen LogP contribution in [-0.4, -0.2) is 51.3 Å². The molecule has 0 radical (unpaired) electrons. The van der Waals surface area contributed by atoms with Crippen LogP contribution in [0.2, 0.25) is 0 Å². The Kier molecular flexibility index (Phi) is 4.95. The van der Waals surface area contributed by atoms with Crippen molar-refractivity contribution in [3.05, 3.63) is 16.1 Å². The highest BCUT2D eigenvalue weighted by Gasteiger charge is 2.47. The second kappa shape index (κ2) is 6.45. The molecule has 2 rings (SSSR count). The minimum Gasteiger partial charge on any atom is -0.479 e. The van der Waals surface area contributed by atoms with Gasteiger partial charge in [0.1, 0.15) is 10.6 Å². The van der Waals surface area contributed by atoms with Crippen LogP contribution in [0.1, 0.15) is 37.9 Å². The van der Waals surface area contributed by atoms with Crippen molar-refractivity contribution in [1.29, 1.82) is 0 Å². The number of aromatic nitrogens is 1. The molecule has 0 aromatic carbocycles. The van der Waals surface area contributed by atoms with Crippen molar-refractivity contribution >= 4 is 23.4 Å². The largest absolute Gasteiger partial charge is 0.479 e. The number of carbonyl (C=O) groups excluding carboxylic acids is 1. The summed E-state index contributed by atoms with van der Waals surface area (Å²) in [7, 11) is 0. The fourth-order valence-corrected chi connectivity index (χ4v) is 3.33. The molecule has 0 spiro atoms.